The number of nitrogens with zero attached hydrogens (tertiary/aromatic N) is 3. The zero-order chi connectivity index (χ0) is 22.4. The molecule has 1 N–H and O–H groups in total. The van der Waals surface area contributed by atoms with Gasteiger partial charge in [0.05, 0.1) is 38.3 Å². The molecule has 0 saturated carbocycles. The normalized spacial score (nSPS) is 10.6. The van der Waals surface area contributed by atoms with Crippen molar-refractivity contribution in [2.45, 2.75) is 18.6 Å². The van der Waals surface area contributed by atoms with Gasteiger partial charge in [-0.25, -0.2) is 0 Å². The molecule has 0 aliphatic heterocycles. The molecule has 8 nitrogen and oxygen atoms in total. The molecule has 1 amide bonds. The molecular weight excluding hydrogens is 440 g/mol. The van der Waals surface area contributed by atoms with Gasteiger partial charge in [0.15, 0.2) is 11.0 Å². The van der Waals surface area contributed by atoms with E-state index in [0.717, 1.165) is 5.56 Å². The Morgan fingerprint density at radius 3 is 2.52 bits per heavy atom. The quantitative estimate of drug-likeness (QED) is 0.472. The first kappa shape index (κ1) is 22.8. The first-order chi connectivity index (χ1) is 15.0. The molecule has 1 heterocycles. The molecule has 0 aliphatic carbocycles. The summed E-state index contributed by atoms with van der Waals surface area (Å²) in [5.41, 5.74) is 1.30. The standard InChI is InChI=1S/C21H23ClN4O4S/c1-5-26-20(15-10-13(22)6-9-17(15)29-3)24-25-21(26)31-12-19(27)23-16-8-7-14(28-2)11-18(16)30-4/h6-11H,5,12H2,1-4H3,(H,23,27). The molecule has 0 saturated heterocycles. The molecule has 0 fully saturated rings. The summed E-state index contributed by atoms with van der Waals surface area (Å²) >= 11 is 7.45. The zero-order valence-electron chi connectivity index (χ0n) is 17.6. The molecule has 3 rings (SSSR count). The maximum Gasteiger partial charge on any atom is 0.234 e. The van der Waals surface area contributed by atoms with Crippen molar-refractivity contribution in [2.24, 2.45) is 0 Å². The van der Waals surface area contributed by atoms with E-state index in [2.05, 4.69) is 15.5 Å². The van der Waals surface area contributed by atoms with Crippen molar-refractivity contribution < 1.29 is 19.0 Å². The molecule has 0 bridgehead atoms. The van der Waals surface area contributed by atoms with Crippen molar-refractivity contribution in [2.75, 3.05) is 32.4 Å². The summed E-state index contributed by atoms with van der Waals surface area (Å²) < 4.78 is 17.9. The molecule has 3 aromatic rings. The van der Waals surface area contributed by atoms with Crippen molar-refractivity contribution in [1.82, 2.24) is 14.8 Å². The SMILES string of the molecule is CCn1c(SCC(=O)Nc2ccc(OC)cc2OC)nnc1-c1cc(Cl)ccc1OC. The van der Waals surface area contributed by atoms with Crippen molar-refractivity contribution >= 4 is 35.0 Å². The van der Waals surface area contributed by atoms with Crippen LogP contribution in [0.25, 0.3) is 11.4 Å². The number of carbonyl (C=O) groups excluding carboxylic acids is 1. The number of benzene rings is 2. The number of rotatable bonds is 9. The van der Waals surface area contributed by atoms with Gasteiger partial charge in [-0.15, -0.1) is 10.2 Å². The minimum Gasteiger partial charge on any atom is -0.497 e. The summed E-state index contributed by atoms with van der Waals surface area (Å²) in [4.78, 5) is 12.5. The fourth-order valence-electron chi connectivity index (χ4n) is 2.95. The van der Waals surface area contributed by atoms with Crippen LogP contribution in [0, 0.1) is 0 Å². The van der Waals surface area contributed by atoms with Crippen molar-refractivity contribution in [3.05, 3.63) is 41.4 Å². The van der Waals surface area contributed by atoms with Crippen molar-refractivity contribution in [1.29, 1.82) is 0 Å². The number of hydrogen-bond donors (Lipinski definition) is 1. The molecule has 10 heteroatoms. The molecule has 0 unspecified atom stereocenters. The number of halogens is 1. The van der Waals surface area contributed by atoms with E-state index in [1.54, 1.807) is 50.6 Å². The van der Waals surface area contributed by atoms with Crippen LogP contribution in [-0.2, 0) is 11.3 Å². The highest BCUT2D eigenvalue weighted by atomic mass is 35.5. The summed E-state index contributed by atoms with van der Waals surface area (Å²) in [5.74, 6) is 2.39. The highest BCUT2D eigenvalue weighted by molar-refractivity contribution is 7.99. The molecule has 164 valence electrons. The monoisotopic (exact) mass is 462 g/mol. The summed E-state index contributed by atoms with van der Waals surface area (Å²) in [6.07, 6.45) is 0. The highest BCUT2D eigenvalue weighted by Crippen LogP contribution is 2.33. The molecule has 1 aromatic heterocycles. The zero-order valence-corrected chi connectivity index (χ0v) is 19.2. The number of amides is 1. The van der Waals surface area contributed by atoms with E-state index in [-0.39, 0.29) is 11.7 Å². The predicted molar refractivity (Wildman–Crippen MR) is 122 cm³/mol. The third kappa shape index (κ3) is 5.23. The first-order valence-electron chi connectivity index (χ1n) is 9.42. The van der Waals surface area contributed by atoms with E-state index in [1.807, 2.05) is 11.5 Å². The van der Waals surface area contributed by atoms with E-state index in [1.165, 1.54) is 18.9 Å². The van der Waals surface area contributed by atoms with Gasteiger partial charge >= 0.3 is 0 Å². The lowest BCUT2D eigenvalue weighted by molar-refractivity contribution is -0.113. The minimum atomic E-state index is -0.194. The maximum atomic E-state index is 12.5. The highest BCUT2D eigenvalue weighted by Gasteiger charge is 2.18. The van der Waals surface area contributed by atoms with Gasteiger partial charge < -0.3 is 24.1 Å². The Balaban J connectivity index is 1.75. The van der Waals surface area contributed by atoms with Gasteiger partial charge in [-0.2, -0.15) is 0 Å². The number of thioether (sulfide) groups is 1. The van der Waals surface area contributed by atoms with Crippen LogP contribution < -0.4 is 19.5 Å². The summed E-state index contributed by atoms with van der Waals surface area (Å²) in [6.45, 7) is 2.60. The molecule has 0 radical (unpaired) electrons. The number of hydrogen-bond acceptors (Lipinski definition) is 7. The Kier molecular flexibility index (Phi) is 7.64. The minimum absolute atomic E-state index is 0.153. The second-order valence-electron chi connectivity index (χ2n) is 6.30. The summed E-state index contributed by atoms with van der Waals surface area (Å²) in [7, 11) is 4.70. The van der Waals surface area contributed by atoms with Gasteiger partial charge in [0.2, 0.25) is 5.91 Å². The molecule has 0 atom stereocenters. The number of nitrogens with one attached hydrogen (secondary N) is 1. The number of carbonyl (C=O) groups is 1. The fraction of sp³-hybridized carbons (Fsp3) is 0.286. The van der Waals surface area contributed by atoms with Crippen LogP contribution in [0.5, 0.6) is 17.2 Å². The third-order valence-electron chi connectivity index (χ3n) is 4.45. The van der Waals surface area contributed by atoms with Gasteiger partial charge in [-0.05, 0) is 37.3 Å². The van der Waals surface area contributed by atoms with Crippen LogP contribution in [0.15, 0.2) is 41.6 Å². The average molecular weight is 463 g/mol. The van der Waals surface area contributed by atoms with E-state index < -0.39 is 0 Å². The van der Waals surface area contributed by atoms with Gasteiger partial charge in [0, 0.05) is 17.6 Å². The lowest BCUT2D eigenvalue weighted by Crippen LogP contribution is -2.15. The predicted octanol–water partition coefficient (Wildman–Crippen LogP) is 4.38. The largest absolute Gasteiger partial charge is 0.497 e. The fourth-order valence-corrected chi connectivity index (χ4v) is 3.93. The Bertz CT molecular complexity index is 1070. The van der Waals surface area contributed by atoms with Crippen LogP contribution in [0.4, 0.5) is 5.69 Å². The second kappa shape index (κ2) is 10.4. The van der Waals surface area contributed by atoms with Crippen molar-refractivity contribution in [3.8, 4) is 28.6 Å². The topological polar surface area (TPSA) is 87.5 Å². The maximum absolute atomic E-state index is 12.5. The van der Waals surface area contributed by atoms with E-state index in [0.29, 0.717) is 45.5 Å². The average Bonchev–Trinajstić information content (AvgIpc) is 3.20. The van der Waals surface area contributed by atoms with E-state index in [9.17, 15) is 4.79 Å². The molecule has 0 spiro atoms. The number of ether oxygens (including phenoxy) is 3. The molecule has 2 aromatic carbocycles. The Morgan fingerprint density at radius 1 is 1.06 bits per heavy atom. The lowest BCUT2D eigenvalue weighted by atomic mass is 10.2. The van der Waals surface area contributed by atoms with Crippen LogP contribution in [0.2, 0.25) is 5.02 Å². The number of methoxy groups -OCH3 is 3. The second-order valence-corrected chi connectivity index (χ2v) is 7.68. The van der Waals surface area contributed by atoms with Crippen LogP contribution in [0.3, 0.4) is 0 Å². The van der Waals surface area contributed by atoms with Crippen LogP contribution >= 0.6 is 23.4 Å². The van der Waals surface area contributed by atoms with Gasteiger partial charge in [0.1, 0.15) is 17.2 Å². The Hall–Kier alpha value is -2.91. The Morgan fingerprint density at radius 2 is 1.84 bits per heavy atom. The van der Waals surface area contributed by atoms with Crippen LogP contribution in [-0.4, -0.2) is 47.8 Å². The smallest absolute Gasteiger partial charge is 0.234 e. The number of aromatic nitrogens is 3. The number of anilines is 1. The summed E-state index contributed by atoms with van der Waals surface area (Å²) in [6, 6.07) is 10.5. The van der Waals surface area contributed by atoms with Gasteiger partial charge in [-0.1, -0.05) is 23.4 Å². The molecular formula is C21H23ClN4O4S. The van der Waals surface area contributed by atoms with Gasteiger partial charge in [0.25, 0.3) is 0 Å². The van der Waals surface area contributed by atoms with E-state index in [4.69, 9.17) is 25.8 Å². The van der Waals surface area contributed by atoms with Crippen molar-refractivity contribution in [3.63, 3.8) is 0 Å². The van der Waals surface area contributed by atoms with Crippen LogP contribution in [0.1, 0.15) is 6.92 Å². The first-order valence-corrected chi connectivity index (χ1v) is 10.8. The third-order valence-corrected chi connectivity index (χ3v) is 5.65. The van der Waals surface area contributed by atoms with E-state index >= 15 is 0 Å². The Labute approximate surface area is 189 Å². The molecule has 0 aliphatic rings. The lowest BCUT2D eigenvalue weighted by Gasteiger charge is -2.12. The summed E-state index contributed by atoms with van der Waals surface area (Å²) in [5, 5.41) is 12.6. The molecule has 31 heavy (non-hydrogen) atoms. The van der Waals surface area contributed by atoms with Gasteiger partial charge in [-0.3, -0.25) is 4.79 Å².